The summed E-state index contributed by atoms with van der Waals surface area (Å²) in [6.45, 7) is 3.93. The van der Waals surface area contributed by atoms with Crippen LogP contribution in [0.15, 0.2) is 70.8 Å². The van der Waals surface area contributed by atoms with Gasteiger partial charge in [-0.25, -0.2) is 18.0 Å². The van der Waals surface area contributed by atoms with Gasteiger partial charge in [-0.05, 0) is 38.1 Å². The van der Waals surface area contributed by atoms with Gasteiger partial charge in [-0.3, -0.25) is 9.80 Å². The number of para-hydroxylation sites is 1. The molecule has 2 aromatic carbocycles. The smallest absolute Gasteiger partial charge is 0.338 e. The zero-order valence-corrected chi connectivity index (χ0v) is 22.7. The normalized spacial score (nSPS) is 19.6. The molecule has 1 unspecified atom stereocenters. The Bertz CT molecular complexity index is 1300. The summed E-state index contributed by atoms with van der Waals surface area (Å²) in [7, 11) is -0.458. The molecule has 1 N–H and O–H groups in total. The number of esters is 1. The van der Waals surface area contributed by atoms with Gasteiger partial charge in [0.1, 0.15) is 5.75 Å². The zero-order valence-electron chi connectivity index (χ0n) is 21.9. The van der Waals surface area contributed by atoms with Gasteiger partial charge in [0.2, 0.25) is 10.0 Å². The van der Waals surface area contributed by atoms with E-state index in [1.54, 1.807) is 50.4 Å². The van der Waals surface area contributed by atoms with E-state index in [1.807, 2.05) is 18.2 Å². The Labute approximate surface area is 223 Å². The summed E-state index contributed by atoms with van der Waals surface area (Å²) in [6.07, 6.45) is 0.611. The second-order valence-corrected chi connectivity index (χ2v) is 11.0. The molecule has 0 spiro atoms. The summed E-state index contributed by atoms with van der Waals surface area (Å²) in [5.41, 5.74) is 1.49. The fraction of sp³-hybridized carbons (Fsp3) is 0.407. The molecule has 0 aliphatic carbocycles. The zero-order chi connectivity index (χ0) is 27.3. The average Bonchev–Trinajstić information content (AvgIpc) is 3.18. The lowest BCUT2D eigenvalue weighted by Gasteiger charge is -2.37. The number of ether oxygens (including phenoxy) is 2. The highest BCUT2D eigenvalue weighted by Crippen LogP contribution is 2.36. The molecule has 0 radical (unpaired) electrons. The van der Waals surface area contributed by atoms with Gasteiger partial charge in [-0.2, -0.15) is 4.31 Å². The number of carbonyl (C=O) groups excluding carboxylic acids is 2. The van der Waals surface area contributed by atoms with Crippen LogP contribution in [0.2, 0.25) is 0 Å². The summed E-state index contributed by atoms with van der Waals surface area (Å²) in [5.74, 6) is 0.0217. The molecular formula is C27H34N4O6S. The summed E-state index contributed by atoms with van der Waals surface area (Å²) in [4.78, 5) is 30.1. The van der Waals surface area contributed by atoms with E-state index in [0.717, 1.165) is 0 Å². The Kier molecular flexibility index (Phi) is 8.70. The highest BCUT2D eigenvalue weighted by Gasteiger charge is 2.39. The van der Waals surface area contributed by atoms with Crippen molar-refractivity contribution in [3.63, 3.8) is 0 Å². The molecule has 2 aliphatic rings. The molecule has 11 heteroatoms. The highest BCUT2D eigenvalue weighted by atomic mass is 32.2. The van der Waals surface area contributed by atoms with Gasteiger partial charge in [0.05, 0.1) is 30.2 Å². The SMILES string of the molecule is CCOC(=O)C1=C(CN2CCCN(S(=O)(=O)c3ccccc3)CC2)N(C)C(=O)NC1c1ccccc1OC. The molecule has 2 aromatic rings. The molecule has 4 rings (SSSR count). The minimum Gasteiger partial charge on any atom is -0.496 e. The third-order valence-electron chi connectivity index (χ3n) is 6.82. The molecule has 0 saturated carbocycles. The van der Waals surface area contributed by atoms with Crippen molar-refractivity contribution in [1.29, 1.82) is 0 Å². The molecule has 0 aromatic heterocycles. The maximum atomic E-state index is 13.3. The van der Waals surface area contributed by atoms with Crippen LogP contribution < -0.4 is 10.1 Å². The van der Waals surface area contributed by atoms with Crippen molar-refractivity contribution in [2.45, 2.75) is 24.3 Å². The minimum absolute atomic E-state index is 0.182. The quantitative estimate of drug-likeness (QED) is 0.511. The van der Waals surface area contributed by atoms with Gasteiger partial charge in [0.15, 0.2) is 0 Å². The topological polar surface area (TPSA) is 108 Å². The number of hydrogen-bond acceptors (Lipinski definition) is 7. The number of likely N-dealkylation sites (N-methyl/N-ethyl adjacent to an activating group) is 1. The van der Waals surface area contributed by atoms with Crippen molar-refractivity contribution in [2.24, 2.45) is 0 Å². The van der Waals surface area contributed by atoms with Crippen LogP contribution in [0, 0.1) is 0 Å². The molecular weight excluding hydrogens is 508 g/mol. The molecule has 2 heterocycles. The van der Waals surface area contributed by atoms with Crippen LogP contribution in [-0.2, 0) is 19.6 Å². The van der Waals surface area contributed by atoms with Crippen LogP contribution in [0.25, 0.3) is 0 Å². The van der Waals surface area contributed by atoms with Crippen molar-refractivity contribution in [1.82, 2.24) is 19.4 Å². The molecule has 2 amide bonds. The van der Waals surface area contributed by atoms with E-state index in [2.05, 4.69) is 10.2 Å². The van der Waals surface area contributed by atoms with Crippen LogP contribution in [-0.4, -0.2) is 88.0 Å². The van der Waals surface area contributed by atoms with E-state index in [0.29, 0.717) is 55.2 Å². The number of sulfonamides is 1. The summed E-state index contributed by atoms with van der Waals surface area (Å²) >= 11 is 0. The van der Waals surface area contributed by atoms with Crippen molar-refractivity contribution in [3.8, 4) is 5.75 Å². The van der Waals surface area contributed by atoms with Crippen LogP contribution in [0.4, 0.5) is 4.79 Å². The van der Waals surface area contributed by atoms with Gasteiger partial charge in [-0.15, -0.1) is 0 Å². The van der Waals surface area contributed by atoms with Gasteiger partial charge in [0, 0.05) is 44.5 Å². The molecule has 1 saturated heterocycles. The summed E-state index contributed by atoms with van der Waals surface area (Å²) in [5, 5.41) is 2.91. The highest BCUT2D eigenvalue weighted by molar-refractivity contribution is 7.89. The van der Waals surface area contributed by atoms with Crippen molar-refractivity contribution in [2.75, 3.05) is 53.5 Å². The first-order chi connectivity index (χ1) is 18.3. The van der Waals surface area contributed by atoms with Crippen LogP contribution in [0.3, 0.4) is 0 Å². The number of nitrogens with zero attached hydrogens (tertiary/aromatic N) is 3. The molecule has 204 valence electrons. The van der Waals surface area contributed by atoms with Gasteiger partial charge in [0.25, 0.3) is 0 Å². The number of hydrogen-bond donors (Lipinski definition) is 1. The third-order valence-corrected chi connectivity index (χ3v) is 8.74. The Morgan fingerprint density at radius 1 is 1.03 bits per heavy atom. The van der Waals surface area contributed by atoms with E-state index < -0.39 is 22.0 Å². The number of urea groups is 1. The van der Waals surface area contributed by atoms with E-state index >= 15 is 0 Å². The number of amides is 2. The maximum absolute atomic E-state index is 13.3. The Balaban J connectivity index is 1.65. The van der Waals surface area contributed by atoms with E-state index in [1.165, 1.54) is 16.3 Å². The second kappa shape index (κ2) is 12.0. The monoisotopic (exact) mass is 542 g/mol. The number of carbonyl (C=O) groups is 2. The molecule has 0 bridgehead atoms. The lowest BCUT2D eigenvalue weighted by molar-refractivity contribution is -0.139. The van der Waals surface area contributed by atoms with Gasteiger partial charge >= 0.3 is 12.0 Å². The van der Waals surface area contributed by atoms with Crippen LogP contribution in [0.1, 0.15) is 24.9 Å². The molecule has 2 aliphatic heterocycles. The summed E-state index contributed by atoms with van der Waals surface area (Å²) in [6, 6.07) is 14.5. The maximum Gasteiger partial charge on any atom is 0.338 e. The average molecular weight is 543 g/mol. The van der Waals surface area contributed by atoms with Gasteiger partial charge in [-0.1, -0.05) is 36.4 Å². The minimum atomic E-state index is -3.61. The molecule has 1 atom stereocenters. The van der Waals surface area contributed by atoms with Crippen LogP contribution in [0.5, 0.6) is 5.75 Å². The Morgan fingerprint density at radius 2 is 1.74 bits per heavy atom. The number of methoxy groups -OCH3 is 1. The predicted octanol–water partition coefficient (Wildman–Crippen LogP) is 2.61. The first kappa shape index (κ1) is 27.6. The Hall–Kier alpha value is -3.41. The fourth-order valence-electron chi connectivity index (χ4n) is 4.84. The van der Waals surface area contributed by atoms with Crippen molar-refractivity contribution < 1.29 is 27.5 Å². The second-order valence-electron chi connectivity index (χ2n) is 9.11. The van der Waals surface area contributed by atoms with E-state index in [4.69, 9.17) is 9.47 Å². The number of rotatable bonds is 8. The first-order valence-corrected chi connectivity index (χ1v) is 14.1. The first-order valence-electron chi connectivity index (χ1n) is 12.6. The van der Waals surface area contributed by atoms with E-state index in [9.17, 15) is 18.0 Å². The van der Waals surface area contributed by atoms with Crippen molar-refractivity contribution >= 4 is 22.0 Å². The van der Waals surface area contributed by atoms with Crippen molar-refractivity contribution in [3.05, 3.63) is 71.4 Å². The van der Waals surface area contributed by atoms with Gasteiger partial charge < -0.3 is 14.8 Å². The Morgan fingerprint density at radius 3 is 2.45 bits per heavy atom. The number of benzene rings is 2. The molecule has 1 fully saturated rings. The predicted molar refractivity (Wildman–Crippen MR) is 142 cm³/mol. The third kappa shape index (κ3) is 5.69. The standard InChI is InChI=1S/C27H34N4O6S/c1-4-37-26(32)24-22(29(2)27(33)28-25(24)21-13-8-9-14-23(21)36-3)19-30-15-10-16-31(18-17-30)38(34,35)20-11-6-5-7-12-20/h5-9,11-14,25H,4,10,15-19H2,1-3H3,(H,28,33). The molecule has 10 nitrogen and oxygen atoms in total. The summed E-state index contributed by atoms with van der Waals surface area (Å²) < 4.78 is 38.8. The lowest BCUT2D eigenvalue weighted by Crippen LogP contribution is -2.49. The van der Waals surface area contributed by atoms with Crippen LogP contribution >= 0.6 is 0 Å². The number of nitrogens with one attached hydrogen (secondary N) is 1. The largest absolute Gasteiger partial charge is 0.496 e. The van der Waals surface area contributed by atoms with E-state index in [-0.39, 0.29) is 24.1 Å². The molecule has 38 heavy (non-hydrogen) atoms. The fourth-order valence-corrected chi connectivity index (χ4v) is 6.33. The lowest BCUT2D eigenvalue weighted by atomic mass is 9.93.